The highest BCUT2D eigenvalue weighted by molar-refractivity contribution is 7.99. The molecule has 2 aromatic rings. The van der Waals surface area contributed by atoms with E-state index in [2.05, 4.69) is 24.3 Å². The third-order valence-corrected chi connectivity index (χ3v) is 5.74. The maximum absolute atomic E-state index is 10.6. The van der Waals surface area contributed by atoms with E-state index >= 15 is 0 Å². The summed E-state index contributed by atoms with van der Waals surface area (Å²) < 4.78 is 0. The van der Waals surface area contributed by atoms with Crippen LogP contribution in [-0.2, 0) is 6.42 Å². The fourth-order valence-electron chi connectivity index (χ4n) is 3.04. The first-order chi connectivity index (χ1) is 10.3. The molecule has 0 fully saturated rings. The Bertz CT molecular complexity index is 614. The predicted octanol–water partition coefficient (Wildman–Crippen LogP) is 4.91. The molecule has 1 aliphatic carbocycles. The van der Waals surface area contributed by atoms with Gasteiger partial charge in [0, 0.05) is 16.6 Å². The lowest BCUT2D eigenvalue weighted by atomic mass is 9.80. The van der Waals surface area contributed by atoms with E-state index in [4.69, 9.17) is 11.6 Å². The smallest absolute Gasteiger partial charge is 0.0702 e. The third-order valence-electron chi connectivity index (χ3n) is 4.13. The van der Waals surface area contributed by atoms with Crippen LogP contribution in [0.4, 0.5) is 0 Å². The molecule has 0 spiro atoms. The standard InChI is InChI=1S/C18H19ClOS/c19-16-10-3-4-11-18(16)21-12-17(20)15-9-5-7-13-6-1-2-8-14(13)15/h1-4,6,8,10-11,15,17,20H,5,7,9,12H2. The molecule has 3 rings (SSSR count). The minimum Gasteiger partial charge on any atom is -0.392 e. The predicted molar refractivity (Wildman–Crippen MR) is 90.3 cm³/mol. The normalized spacial score (nSPS) is 19.0. The summed E-state index contributed by atoms with van der Waals surface area (Å²) in [6, 6.07) is 16.3. The van der Waals surface area contributed by atoms with Crippen molar-refractivity contribution < 1.29 is 5.11 Å². The molecule has 3 heteroatoms. The van der Waals surface area contributed by atoms with E-state index in [0.717, 1.165) is 29.2 Å². The fourth-order valence-corrected chi connectivity index (χ4v) is 4.31. The quantitative estimate of drug-likeness (QED) is 0.808. The zero-order valence-corrected chi connectivity index (χ0v) is 13.4. The Kier molecular flexibility index (Phi) is 4.89. The third kappa shape index (κ3) is 3.45. The molecular weight excluding hydrogens is 300 g/mol. The second-order valence-electron chi connectivity index (χ2n) is 5.51. The molecule has 110 valence electrons. The van der Waals surface area contributed by atoms with E-state index in [1.54, 1.807) is 11.8 Å². The second kappa shape index (κ2) is 6.87. The van der Waals surface area contributed by atoms with Gasteiger partial charge in [0.15, 0.2) is 0 Å². The van der Waals surface area contributed by atoms with Gasteiger partial charge in [0.05, 0.1) is 11.1 Å². The molecule has 1 nitrogen and oxygen atoms in total. The molecule has 1 aliphatic rings. The van der Waals surface area contributed by atoms with Crippen molar-refractivity contribution in [1.82, 2.24) is 0 Å². The van der Waals surface area contributed by atoms with Crippen LogP contribution in [0.5, 0.6) is 0 Å². The fraction of sp³-hybridized carbons (Fsp3) is 0.333. The maximum Gasteiger partial charge on any atom is 0.0702 e. The number of thioether (sulfide) groups is 1. The average Bonchev–Trinajstić information content (AvgIpc) is 2.53. The summed E-state index contributed by atoms with van der Waals surface area (Å²) in [5, 5.41) is 11.4. The van der Waals surface area contributed by atoms with Crippen molar-refractivity contribution in [1.29, 1.82) is 0 Å². The van der Waals surface area contributed by atoms with E-state index in [1.807, 2.05) is 24.3 Å². The molecule has 0 amide bonds. The summed E-state index contributed by atoms with van der Waals surface area (Å²) in [4.78, 5) is 1.04. The van der Waals surface area contributed by atoms with Gasteiger partial charge in [-0.25, -0.2) is 0 Å². The molecule has 21 heavy (non-hydrogen) atoms. The van der Waals surface area contributed by atoms with Crippen molar-refractivity contribution in [2.24, 2.45) is 0 Å². The van der Waals surface area contributed by atoms with E-state index in [0.29, 0.717) is 5.75 Å². The lowest BCUT2D eigenvalue weighted by Crippen LogP contribution is -2.24. The van der Waals surface area contributed by atoms with Crippen molar-refractivity contribution in [3.8, 4) is 0 Å². The molecule has 2 unspecified atom stereocenters. The molecule has 0 saturated carbocycles. The summed E-state index contributed by atoms with van der Waals surface area (Å²) in [5.41, 5.74) is 2.73. The van der Waals surface area contributed by atoms with E-state index in [-0.39, 0.29) is 12.0 Å². The molecule has 2 atom stereocenters. The molecule has 0 saturated heterocycles. The monoisotopic (exact) mass is 318 g/mol. The number of halogens is 1. The zero-order valence-electron chi connectivity index (χ0n) is 11.8. The Hall–Kier alpha value is -0.960. The summed E-state index contributed by atoms with van der Waals surface area (Å²) >= 11 is 7.81. The van der Waals surface area contributed by atoms with Gasteiger partial charge in [-0.3, -0.25) is 0 Å². The molecule has 2 aromatic carbocycles. The first-order valence-corrected chi connectivity index (χ1v) is 8.75. The molecular formula is C18H19ClOS. The molecule has 1 N–H and O–H groups in total. The van der Waals surface area contributed by atoms with Gasteiger partial charge in [0.2, 0.25) is 0 Å². The number of aryl methyl sites for hydroxylation is 1. The van der Waals surface area contributed by atoms with Crippen LogP contribution < -0.4 is 0 Å². The van der Waals surface area contributed by atoms with Gasteiger partial charge in [-0.05, 0) is 42.5 Å². The van der Waals surface area contributed by atoms with Gasteiger partial charge >= 0.3 is 0 Å². The average molecular weight is 319 g/mol. The summed E-state index contributed by atoms with van der Waals surface area (Å²) in [6.07, 6.45) is 3.04. The van der Waals surface area contributed by atoms with Crippen molar-refractivity contribution in [2.45, 2.75) is 36.2 Å². The zero-order chi connectivity index (χ0) is 14.7. The summed E-state index contributed by atoms with van der Waals surface area (Å²) in [6.45, 7) is 0. The van der Waals surface area contributed by atoms with Crippen LogP contribution in [0.25, 0.3) is 0 Å². The maximum atomic E-state index is 10.6. The summed E-state index contributed by atoms with van der Waals surface area (Å²) in [7, 11) is 0. The van der Waals surface area contributed by atoms with Gasteiger partial charge < -0.3 is 5.11 Å². The minimum atomic E-state index is -0.326. The minimum absolute atomic E-state index is 0.255. The SMILES string of the molecule is OC(CSc1ccccc1Cl)C1CCCc2ccccc21. The van der Waals surface area contributed by atoms with Crippen LogP contribution in [0.2, 0.25) is 5.02 Å². The highest BCUT2D eigenvalue weighted by Gasteiger charge is 2.26. The van der Waals surface area contributed by atoms with Gasteiger partial charge in [-0.1, -0.05) is 48.0 Å². The summed E-state index contributed by atoms with van der Waals surface area (Å²) in [5.74, 6) is 0.938. The van der Waals surface area contributed by atoms with Crippen molar-refractivity contribution >= 4 is 23.4 Å². The van der Waals surface area contributed by atoms with Gasteiger partial charge in [0.25, 0.3) is 0 Å². The van der Waals surface area contributed by atoms with E-state index < -0.39 is 0 Å². The Morgan fingerprint density at radius 1 is 1.14 bits per heavy atom. The number of hydrogen-bond acceptors (Lipinski definition) is 2. The van der Waals surface area contributed by atoms with Crippen molar-refractivity contribution in [3.63, 3.8) is 0 Å². The van der Waals surface area contributed by atoms with Crippen LogP contribution in [0.3, 0.4) is 0 Å². The first kappa shape index (κ1) is 15.0. The van der Waals surface area contributed by atoms with Crippen molar-refractivity contribution in [2.75, 3.05) is 5.75 Å². The number of benzene rings is 2. The Labute approximate surface area is 135 Å². The number of hydrogen-bond donors (Lipinski definition) is 1. The second-order valence-corrected chi connectivity index (χ2v) is 6.98. The highest BCUT2D eigenvalue weighted by atomic mass is 35.5. The Morgan fingerprint density at radius 3 is 2.76 bits per heavy atom. The molecule has 0 heterocycles. The topological polar surface area (TPSA) is 20.2 Å². The first-order valence-electron chi connectivity index (χ1n) is 7.39. The highest BCUT2D eigenvalue weighted by Crippen LogP contribution is 2.36. The van der Waals surface area contributed by atoms with E-state index in [9.17, 15) is 5.11 Å². The van der Waals surface area contributed by atoms with Crippen LogP contribution in [-0.4, -0.2) is 17.0 Å². The largest absolute Gasteiger partial charge is 0.392 e. The number of aliphatic hydroxyl groups is 1. The molecule has 0 radical (unpaired) electrons. The van der Waals surface area contributed by atoms with Crippen LogP contribution in [0.15, 0.2) is 53.4 Å². The number of rotatable bonds is 4. The van der Waals surface area contributed by atoms with Crippen LogP contribution in [0, 0.1) is 0 Å². The molecule has 0 aromatic heterocycles. The van der Waals surface area contributed by atoms with Gasteiger partial charge in [-0.2, -0.15) is 0 Å². The van der Waals surface area contributed by atoms with Gasteiger partial charge in [-0.15, -0.1) is 11.8 Å². The van der Waals surface area contributed by atoms with Crippen LogP contribution in [0.1, 0.15) is 29.9 Å². The Balaban J connectivity index is 1.69. The number of fused-ring (bicyclic) bond motifs is 1. The lowest BCUT2D eigenvalue weighted by Gasteiger charge is -2.29. The van der Waals surface area contributed by atoms with E-state index in [1.165, 1.54) is 11.1 Å². The lowest BCUT2D eigenvalue weighted by molar-refractivity contribution is 0.157. The molecule has 0 aliphatic heterocycles. The number of aliphatic hydroxyl groups excluding tert-OH is 1. The van der Waals surface area contributed by atoms with Gasteiger partial charge in [0.1, 0.15) is 0 Å². The van der Waals surface area contributed by atoms with Crippen molar-refractivity contribution in [3.05, 3.63) is 64.7 Å². The Morgan fingerprint density at radius 2 is 1.90 bits per heavy atom. The van der Waals surface area contributed by atoms with Crippen LogP contribution >= 0.6 is 23.4 Å². The molecule has 0 bridgehead atoms.